The number of anilines is 1. The minimum absolute atomic E-state index is 0.0409. The minimum atomic E-state index is -0.408. The fraction of sp³-hybridized carbons (Fsp3) is 0.455. The van der Waals surface area contributed by atoms with Crippen LogP contribution in [0.25, 0.3) is 0 Å². The maximum Gasteiger partial charge on any atom is 0.230 e. The lowest BCUT2D eigenvalue weighted by atomic mass is 9.88. The quantitative estimate of drug-likeness (QED) is 0.817. The van der Waals surface area contributed by atoms with Crippen LogP contribution in [0.3, 0.4) is 0 Å². The second kappa shape index (κ2) is 7.55. The molecule has 150 valence electrons. The molecule has 2 N–H and O–H groups in total. The summed E-state index contributed by atoms with van der Waals surface area (Å²) in [5.41, 5.74) is 3.97. The monoisotopic (exact) mass is 391 g/mol. The van der Waals surface area contributed by atoms with Gasteiger partial charge in [0.1, 0.15) is 5.82 Å². The molecule has 0 spiro atoms. The molecule has 2 amide bonds. The van der Waals surface area contributed by atoms with Crippen molar-refractivity contribution in [2.75, 3.05) is 25.0 Å². The molecule has 4 heterocycles. The highest BCUT2D eigenvalue weighted by molar-refractivity contribution is 6.01. The van der Waals surface area contributed by atoms with Crippen LogP contribution in [0, 0.1) is 0 Å². The Morgan fingerprint density at radius 2 is 2.14 bits per heavy atom. The van der Waals surface area contributed by atoms with Crippen LogP contribution in [0.5, 0.6) is 0 Å². The molecule has 1 aromatic carbocycles. The third-order valence-electron chi connectivity index (χ3n) is 6.22. The molecule has 2 atom stereocenters. The van der Waals surface area contributed by atoms with Crippen LogP contribution in [-0.2, 0) is 22.6 Å². The van der Waals surface area contributed by atoms with Crippen molar-refractivity contribution < 1.29 is 9.59 Å². The molecular formula is C22H25N5O2. The highest BCUT2D eigenvalue weighted by atomic mass is 16.2. The van der Waals surface area contributed by atoms with Gasteiger partial charge in [-0.3, -0.25) is 9.59 Å². The second-order valence-corrected chi connectivity index (χ2v) is 8.14. The van der Waals surface area contributed by atoms with Crippen molar-refractivity contribution in [2.45, 2.75) is 44.1 Å². The van der Waals surface area contributed by atoms with Crippen molar-refractivity contribution in [3.05, 3.63) is 53.1 Å². The third kappa shape index (κ3) is 3.51. The molecule has 2 aromatic rings. The third-order valence-corrected chi connectivity index (χ3v) is 6.22. The van der Waals surface area contributed by atoms with E-state index in [0.29, 0.717) is 6.54 Å². The predicted octanol–water partition coefficient (Wildman–Crippen LogP) is 1.95. The molecule has 0 radical (unpaired) electrons. The molecule has 7 nitrogen and oxygen atoms in total. The summed E-state index contributed by atoms with van der Waals surface area (Å²) in [6.45, 7) is 3.12. The predicted molar refractivity (Wildman–Crippen MR) is 108 cm³/mol. The maximum atomic E-state index is 13.4. The topological polar surface area (TPSA) is 87.2 Å². The van der Waals surface area contributed by atoms with Crippen molar-refractivity contribution in [3.8, 4) is 0 Å². The molecule has 7 heteroatoms. The lowest BCUT2D eigenvalue weighted by molar-refractivity contribution is -0.136. The Balaban J connectivity index is 1.36. The van der Waals surface area contributed by atoms with E-state index < -0.39 is 5.92 Å². The van der Waals surface area contributed by atoms with Gasteiger partial charge in [-0.25, -0.2) is 9.97 Å². The Kier molecular flexibility index (Phi) is 4.75. The molecular weight excluding hydrogens is 366 g/mol. The van der Waals surface area contributed by atoms with E-state index in [9.17, 15) is 9.59 Å². The van der Waals surface area contributed by atoms with E-state index in [1.165, 1.54) is 5.56 Å². The van der Waals surface area contributed by atoms with Crippen LogP contribution in [0.4, 0.5) is 5.69 Å². The van der Waals surface area contributed by atoms with E-state index in [2.05, 4.69) is 15.6 Å². The average molecular weight is 391 g/mol. The zero-order valence-electron chi connectivity index (χ0n) is 16.4. The van der Waals surface area contributed by atoms with Gasteiger partial charge in [-0.15, -0.1) is 0 Å². The highest BCUT2D eigenvalue weighted by Gasteiger charge is 2.36. The molecule has 1 saturated heterocycles. The molecule has 1 fully saturated rings. The molecule has 1 aromatic heterocycles. The fourth-order valence-corrected chi connectivity index (χ4v) is 4.69. The van der Waals surface area contributed by atoms with Gasteiger partial charge in [0.15, 0.2) is 0 Å². The Morgan fingerprint density at radius 3 is 3.07 bits per heavy atom. The number of hydrogen-bond donors (Lipinski definition) is 2. The van der Waals surface area contributed by atoms with Gasteiger partial charge in [0.25, 0.3) is 0 Å². The first-order valence-electron chi connectivity index (χ1n) is 10.4. The number of para-hydroxylation sites is 1. The van der Waals surface area contributed by atoms with Gasteiger partial charge in [-0.2, -0.15) is 0 Å². The molecule has 0 aliphatic carbocycles. The number of piperidine rings is 1. The summed E-state index contributed by atoms with van der Waals surface area (Å²) >= 11 is 0. The summed E-state index contributed by atoms with van der Waals surface area (Å²) in [5.74, 6) is 0.543. The van der Waals surface area contributed by atoms with E-state index in [0.717, 1.165) is 61.7 Å². The first-order valence-corrected chi connectivity index (χ1v) is 10.4. The molecule has 0 unspecified atom stereocenters. The Labute approximate surface area is 169 Å². The maximum absolute atomic E-state index is 13.4. The number of carbonyl (C=O) groups is 2. The summed E-state index contributed by atoms with van der Waals surface area (Å²) in [5, 5.41) is 6.22. The van der Waals surface area contributed by atoms with Crippen LogP contribution in [-0.4, -0.2) is 46.3 Å². The molecule has 29 heavy (non-hydrogen) atoms. The normalized spacial score (nSPS) is 23.7. The molecule has 5 rings (SSSR count). The summed E-state index contributed by atoms with van der Waals surface area (Å²) in [6, 6.07) is 7.61. The van der Waals surface area contributed by atoms with E-state index in [1.807, 2.05) is 35.4 Å². The minimum Gasteiger partial charge on any atom is -0.341 e. The van der Waals surface area contributed by atoms with Gasteiger partial charge in [-0.05, 0) is 24.5 Å². The number of amides is 2. The van der Waals surface area contributed by atoms with Gasteiger partial charge in [0.2, 0.25) is 11.8 Å². The van der Waals surface area contributed by atoms with Crippen molar-refractivity contribution >= 4 is 17.5 Å². The molecule has 0 bridgehead atoms. The van der Waals surface area contributed by atoms with E-state index in [-0.39, 0.29) is 24.2 Å². The van der Waals surface area contributed by atoms with Crippen molar-refractivity contribution in [1.82, 2.24) is 20.2 Å². The summed E-state index contributed by atoms with van der Waals surface area (Å²) in [6.07, 6.45) is 4.99. The number of likely N-dealkylation sites (tertiary alicyclic amines) is 1. The van der Waals surface area contributed by atoms with Gasteiger partial charge in [0.05, 0.1) is 5.92 Å². The van der Waals surface area contributed by atoms with Crippen molar-refractivity contribution in [1.29, 1.82) is 0 Å². The van der Waals surface area contributed by atoms with Gasteiger partial charge < -0.3 is 15.5 Å². The lowest BCUT2D eigenvalue weighted by Gasteiger charge is -2.36. The van der Waals surface area contributed by atoms with E-state index in [4.69, 9.17) is 4.98 Å². The van der Waals surface area contributed by atoms with Crippen LogP contribution in [0.15, 0.2) is 30.5 Å². The number of benzene rings is 1. The zero-order valence-corrected chi connectivity index (χ0v) is 16.4. The van der Waals surface area contributed by atoms with Crippen molar-refractivity contribution in [3.63, 3.8) is 0 Å². The summed E-state index contributed by atoms with van der Waals surface area (Å²) < 4.78 is 0. The van der Waals surface area contributed by atoms with Crippen molar-refractivity contribution in [2.24, 2.45) is 0 Å². The zero-order chi connectivity index (χ0) is 19.8. The molecule has 0 saturated carbocycles. The van der Waals surface area contributed by atoms with Gasteiger partial charge in [-0.1, -0.05) is 18.2 Å². The SMILES string of the molecule is O=C1C[C@H](C(=O)N2CCC[C@@H](c3ncc4c(n3)CCNC4)C2)c2ccccc2N1. The standard InChI is InChI=1S/C22H25N5O2/c28-20-10-17(16-5-1-2-6-19(16)25-20)22(29)27-9-3-4-14(13-27)21-24-12-15-11-23-8-7-18(15)26-21/h1-2,5-6,12,14,17,23H,3-4,7-11,13H2,(H,25,28)/t14-,17+/m1/s1. The van der Waals surface area contributed by atoms with Crippen LogP contribution < -0.4 is 10.6 Å². The Hall–Kier alpha value is -2.80. The number of fused-ring (bicyclic) bond motifs is 2. The lowest BCUT2D eigenvalue weighted by Crippen LogP contribution is -2.43. The molecule has 3 aliphatic rings. The number of nitrogens with zero attached hydrogens (tertiary/aromatic N) is 3. The van der Waals surface area contributed by atoms with Crippen LogP contribution >= 0.6 is 0 Å². The number of nitrogens with one attached hydrogen (secondary N) is 2. The van der Waals surface area contributed by atoms with Gasteiger partial charge >= 0.3 is 0 Å². The summed E-state index contributed by atoms with van der Waals surface area (Å²) in [7, 11) is 0. The van der Waals surface area contributed by atoms with Crippen LogP contribution in [0.2, 0.25) is 0 Å². The first kappa shape index (κ1) is 18.2. The number of carbonyl (C=O) groups excluding carboxylic acids is 2. The Bertz CT molecular complexity index is 960. The van der Waals surface area contributed by atoms with Gasteiger partial charge in [0, 0.05) is 68.1 Å². The van der Waals surface area contributed by atoms with E-state index in [1.54, 1.807) is 0 Å². The second-order valence-electron chi connectivity index (χ2n) is 8.14. The van der Waals surface area contributed by atoms with Crippen LogP contribution in [0.1, 0.15) is 53.7 Å². The first-order chi connectivity index (χ1) is 14.2. The fourth-order valence-electron chi connectivity index (χ4n) is 4.69. The number of rotatable bonds is 2. The van der Waals surface area contributed by atoms with E-state index >= 15 is 0 Å². The summed E-state index contributed by atoms with van der Waals surface area (Å²) in [4.78, 5) is 36.9. The smallest absolute Gasteiger partial charge is 0.230 e. The number of aromatic nitrogens is 2. The highest BCUT2D eigenvalue weighted by Crippen LogP contribution is 2.35. The average Bonchev–Trinajstić information content (AvgIpc) is 2.77. The largest absolute Gasteiger partial charge is 0.341 e. The number of hydrogen-bond acceptors (Lipinski definition) is 5. The Morgan fingerprint density at radius 1 is 1.24 bits per heavy atom. The molecule has 3 aliphatic heterocycles.